The lowest BCUT2D eigenvalue weighted by Crippen LogP contribution is -2.12. The summed E-state index contributed by atoms with van der Waals surface area (Å²) in [6.07, 6.45) is 1.19. The Hall–Kier alpha value is -1.96. The second-order valence-electron chi connectivity index (χ2n) is 6.64. The first-order valence-electron chi connectivity index (χ1n) is 7.18. The molecule has 1 unspecified atom stereocenters. The molecule has 0 saturated heterocycles. The van der Waals surface area contributed by atoms with Gasteiger partial charge in [-0.1, -0.05) is 32.9 Å². The van der Waals surface area contributed by atoms with Gasteiger partial charge in [-0.2, -0.15) is 0 Å². The van der Waals surface area contributed by atoms with Crippen molar-refractivity contribution in [2.45, 2.75) is 38.5 Å². The van der Waals surface area contributed by atoms with Crippen LogP contribution in [0.5, 0.6) is 0 Å². The zero-order chi connectivity index (χ0) is 14.5. The Morgan fingerprint density at radius 2 is 1.70 bits per heavy atom. The van der Waals surface area contributed by atoms with Crippen LogP contribution in [0.1, 0.15) is 44.2 Å². The first kappa shape index (κ1) is 13.0. The van der Waals surface area contributed by atoms with Crippen molar-refractivity contribution < 1.29 is 0 Å². The molecule has 0 bridgehead atoms. The minimum absolute atomic E-state index is 0.225. The van der Waals surface area contributed by atoms with Crippen LogP contribution in [-0.4, -0.2) is 0 Å². The van der Waals surface area contributed by atoms with Gasteiger partial charge >= 0.3 is 0 Å². The molecular weight excluding hydrogens is 244 g/mol. The Kier molecular flexibility index (Phi) is 2.79. The first-order chi connectivity index (χ1) is 9.38. The summed E-state index contributed by atoms with van der Waals surface area (Å²) in [7, 11) is 0. The van der Waals surface area contributed by atoms with Crippen LogP contribution in [0.25, 0.3) is 11.1 Å². The van der Waals surface area contributed by atoms with Gasteiger partial charge in [-0.25, -0.2) is 0 Å². The van der Waals surface area contributed by atoms with Crippen molar-refractivity contribution in [3.05, 3.63) is 47.5 Å². The highest BCUT2D eigenvalue weighted by Crippen LogP contribution is 2.48. The van der Waals surface area contributed by atoms with E-state index in [1.807, 2.05) is 24.3 Å². The molecule has 0 heterocycles. The third-order valence-electron chi connectivity index (χ3n) is 4.52. The third-order valence-corrected chi connectivity index (χ3v) is 4.52. The molecule has 0 spiro atoms. The molecule has 0 aliphatic heterocycles. The topological polar surface area (TPSA) is 52.0 Å². The van der Waals surface area contributed by atoms with Crippen LogP contribution < -0.4 is 11.5 Å². The predicted octanol–water partition coefficient (Wildman–Crippen LogP) is 4.30. The minimum atomic E-state index is 0.225. The average molecular weight is 266 g/mol. The quantitative estimate of drug-likeness (QED) is 0.756. The summed E-state index contributed by atoms with van der Waals surface area (Å²) in [5, 5.41) is 0. The van der Waals surface area contributed by atoms with E-state index in [-0.39, 0.29) is 5.41 Å². The van der Waals surface area contributed by atoms with E-state index in [1.54, 1.807) is 0 Å². The van der Waals surface area contributed by atoms with Crippen LogP contribution in [0, 0.1) is 0 Å². The molecule has 3 rings (SSSR count). The van der Waals surface area contributed by atoms with Crippen molar-refractivity contribution in [1.82, 2.24) is 0 Å². The fourth-order valence-corrected chi connectivity index (χ4v) is 3.53. The number of anilines is 2. The lowest BCUT2D eigenvalue weighted by Gasteiger charge is -2.20. The second kappa shape index (κ2) is 4.27. The second-order valence-corrected chi connectivity index (χ2v) is 6.64. The smallest absolute Gasteiger partial charge is 0.0396 e. The molecular formula is C18H22N2. The number of nitrogens with two attached hydrogens (primary N) is 2. The molecule has 0 aromatic heterocycles. The normalized spacial score (nSPS) is 19.9. The number of benzene rings is 2. The van der Waals surface area contributed by atoms with E-state index in [0.717, 1.165) is 22.5 Å². The van der Waals surface area contributed by atoms with Crippen LogP contribution >= 0.6 is 0 Å². The summed E-state index contributed by atoms with van der Waals surface area (Å²) in [6.45, 7) is 6.91. The van der Waals surface area contributed by atoms with Gasteiger partial charge in [-0.15, -0.1) is 0 Å². The third kappa shape index (κ3) is 1.96. The molecule has 1 atom stereocenters. The molecule has 2 aromatic carbocycles. The Balaban J connectivity index is 2.16. The van der Waals surface area contributed by atoms with Gasteiger partial charge in [0.05, 0.1) is 0 Å². The van der Waals surface area contributed by atoms with Crippen LogP contribution in [0.4, 0.5) is 11.4 Å². The standard InChI is InChI=1S/C18H22N2/c1-11-10-18(2,3)16-9-17(20)15(8-14(11)16)12-4-6-13(19)7-5-12/h4-9,11H,10,19-20H2,1-3H3. The molecule has 1 aliphatic rings. The molecule has 0 fully saturated rings. The van der Waals surface area contributed by atoms with E-state index in [2.05, 4.69) is 32.9 Å². The zero-order valence-electron chi connectivity index (χ0n) is 12.4. The lowest BCUT2D eigenvalue weighted by molar-refractivity contribution is 0.489. The molecule has 1 aliphatic carbocycles. The van der Waals surface area contributed by atoms with Crippen molar-refractivity contribution in [3.8, 4) is 11.1 Å². The highest BCUT2D eigenvalue weighted by Gasteiger charge is 2.35. The molecule has 0 radical (unpaired) electrons. The molecule has 2 nitrogen and oxygen atoms in total. The summed E-state index contributed by atoms with van der Waals surface area (Å²) < 4.78 is 0. The van der Waals surface area contributed by atoms with Crippen molar-refractivity contribution in [3.63, 3.8) is 0 Å². The van der Waals surface area contributed by atoms with Gasteiger partial charge < -0.3 is 11.5 Å². The number of rotatable bonds is 1. The van der Waals surface area contributed by atoms with Crippen molar-refractivity contribution >= 4 is 11.4 Å². The highest BCUT2D eigenvalue weighted by atomic mass is 14.6. The van der Waals surface area contributed by atoms with E-state index >= 15 is 0 Å². The van der Waals surface area contributed by atoms with Crippen LogP contribution in [0.3, 0.4) is 0 Å². The average Bonchev–Trinajstić information content (AvgIpc) is 2.60. The van der Waals surface area contributed by atoms with E-state index in [4.69, 9.17) is 11.5 Å². The van der Waals surface area contributed by atoms with Gasteiger partial charge in [-0.3, -0.25) is 0 Å². The number of hydrogen-bond donors (Lipinski definition) is 2. The Labute approximate surface area is 120 Å². The van der Waals surface area contributed by atoms with Gasteiger partial charge in [-0.05, 0) is 58.7 Å². The molecule has 2 aromatic rings. The van der Waals surface area contributed by atoms with Crippen molar-refractivity contribution in [2.75, 3.05) is 11.5 Å². The predicted molar refractivity (Wildman–Crippen MR) is 86.8 cm³/mol. The Bertz CT molecular complexity index is 654. The minimum Gasteiger partial charge on any atom is -0.399 e. The van der Waals surface area contributed by atoms with Crippen molar-refractivity contribution in [1.29, 1.82) is 0 Å². The van der Waals surface area contributed by atoms with Crippen molar-refractivity contribution in [2.24, 2.45) is 0 Å². The zero-order valence-corrected chi connectivity index (χ0v) is 12.4. The highest BCUT2D eigenvalue weighted by molar-refractivity contribution is 5.79. The van der Waals surface area contributed by atoms with Gasteiger partial charge in [0.1, 0.15) is 0 Å². The monoisotopic (exact) mass is 266 g/mol. The van der Waals surface area contributed by atoms with E-state index in [0.29, 0.717) is 5.92 Å². The number of nitrogen functional groups attached to an aromatic ring is 2. The van der Waals surface area contributed by atoms with Crippen LogP contribution in [0.2, 0.25) is 0 Å². The lowest BCUT2D eigenvalue weighted by atomic mass is 9.85. The largest absolute Gasteiger partial charge is 0.399 e. The fraction of sp³-hybridized carbons (Fsp3) is 0.333. The fourth-order valence-electron chi connectivity index (χ4n) is 3.53. The van der Waals surface area contributed by atoms with Gasteiger partial charge in [0.25, 0.3) is 0 Å². The summed E-state index contributed by atoms with van der Waals surface area (Å²) in [6, 6.07) is 12.4. The van der Waals surface area contributed by atoms with Crippen LogP contribution in [0.15, 0.2) is 36.4 Å². The molecule has 0 saturated carbocycles. The Morgan fingerprint density at radius 1 is 1.05 bits per heavy atom. The molecule has 0 amide bonds. The molecule has 4 N–H and O–H groups in total. The maximum absolute atomic E-state index is 6.30. The maximum Gasteiger partial charge on any atom is 0.0396 e. The van der Waals surface area contributed by atoms with E-state index < -0.39 is 0 Å². The molecule has 104 valence electrons. The number of hydrogen-bond acceptors (Lipinski definition) is 2. The van der Waals surface area contributed by atoms with Gasteiger partial charge in [0.2, 0.25) is 0 Å². The van der Waals surface area contributed by atoms with E-state index in [9.17, 15) is 0 Å². The molecule has 2 heteroatoms. The van der Waals surface area contributed by atoms with Gasteiger partial charge in [0, 0.05) is 16.9 Å². The van der Waals surface area contributed by atoms with Crippen LogP contribution in [-0.2, 0) is 5.41 Å². The summed E-state index contributed by atoms with van der Waals surface area (Å²) >= 11 is 0. The maximum atomic E-state index is 6.30. The summed E-state index contributed by atoms with van der Waals surface area (Å²) in [5.41, 5.74) is 19.0. The SMILES string of the molecule is CC1CC(C)(C)c2cc(N)c(-c3ccc(N)cc3)cc21. The molecule has 20 heavy (non-hydrogen) atoms. The number of fused-ring (bicyclic) bond motifs is 1. The summed E-state index contributed by atoms with van der Waals surface area (Å²) in [4.78, 5) is 0. The van der Waals surface area contributed by atoms with E-state index in [1.165, 1.54) is 17.5 Å². The summed E-state index contributed by atoms with van der Waals surface area (Å²) in [5.74, 6) is 0.591. The van der Waals surface area contributed by atoms with Gasteiger partial charge in [0.15, 0.2) is 0 Å². The first-order valence-corrected chi connectivity index (χ1v) is 7.18. The Morgan fingerprint density at radius 3 is 2.35 bits per heavy atom.